The van der Waals surface area contributed by atoms with Gasteiger partial charge >= 0.3 is 99.2 Å². The number of benzene rings is 2. The number of rotatable bonds is 2. The average Bonchev–Trinajstić information content (AvgIpc) is 3.41. The van der Waals surface area contributed by atoms with Crippen molar-refractivity contribution < 1.29 is 24.2 Å². The molecule has 0 bridgehead atoms. The molecule has 0 fully saturated rings. The molecule has 1 heteroatoms. The van der Waals surface area contributed by atoms with Gasteiger partial charge in [0, 0.05) is 0 Å². The molecule has 116 valence electrons. The third kappa shape index (κ3) is 7.15. The molecule has 0 aliphatic heterocycles. The van der Waals surface area contributed by atoms with Crippen LogP contribution in [0.1, 0.15) is 24.0 Å². The fourth-order valence-electron chi connectivity index (χ4n) is 2.06. The van der Waals surface area contributed by atoms with Crippen molar-refractivity contribution in [2.24, 2.45) is 0 Å². The number of hydrogen-bond donors (Lipinski definition) is 0. The van der Waals surface area contributed by atoms with Gasteiger partial charge in [-0.15, -0.1) is 12.8 Å². The second kappa shape index (κ2) is 11.7. The first-order valence-corrected chi connectivity index (χ1v) is 9.23. The van der Waals surface area contributed by atoms with Crippen molar-refractivity contribution >= 4 is 3.21 Å². The van der Waals surface area contributed by atoms with Crippen molar-refractivity contribution in [1.82, 2.24) is 0 Å². The average molecular weight is 388 g/mol. The van der Waals surface area contributed by atoms with Crippen LogP contribution in [0.25, 0.3) is 0 Å². The molecule has 0 saturated heterocycles. The second-order valence-corrected chi connectivity index (χ2v) is 6.34. The summed E-state index contributed by atoms with van der Waals surface area (Å²) in [7, 11) is 0. The minimum absolute atomic E-state index is 1.01. The summed E-state index contributed by atoms with van der Waals surface area (Å²) in [4.78, 5) is 0. The van der Waals surface area contributed by atoms with Crippen LogP contribution in [-0.4, -0.2) is 3.21 Å². The van der Waals surface area contributed by atoms with Crippen LogP contribution in [0.5, 0.6) is 0 Å². The van der Waals surface area contributed by atoms with Crippen LogP contribution < -0.4 is 0 Å². The van der Waals surface area contributed by atoms with Crippen molar-refractivity contribution in [1.29, 1.82) is 0 Å². The Morgan fingerprint density at radius 2 is 1.08 bits per heavy atom. The summed E-state index contributed by atoms with van der Waals surface area (Å²) in [5.74, 6) is 0. The van der Waals surface area contributed by atoms with Crippen molar-refractivity contribution in [3.63, 3.8) is 0 Å². The summed E-state index contributed by atoms with van der Waals surface area (Å²) < 4.78 is 1.42. The summed E-state index contributed by atoms with van der Waals surface area (Å²) >= 11 is 1.46. The zero-order chi connectivity index (χ0) is 16.9. The van der Waals surface area contributed by atoms with Crippen LogP contribution in [0.3, 0.4) is 0 Å². The molecule has 0 spiro atoms. The Hall–Kier alpha value is -1.85. The third-order valence-electron chi connectivity index (χ3n) is 3.30. The van der Waals surface area contributed by atoms with E-state index in [9.17, 15) is 0 Å². The SMILES string of the molecule is [C-]1=CC=CC1.[C-]1=CC=CC1.[Zr+2]=[C](c1ccccc1)c1ccccc1. The molecule has 0 saturated carbocycles. The van der Waals surface area contributed by atoms with Crippen LogP contribution in [0.15, 0.2) is 97.1 Å². The maximum atomic E-state index is 2.99. The summed E-state index contributed by atoms with van der Waals surface area (Å²) in [6.07, 6.45) is 20.0. The van der Waals surface area contributed by atoms with Gasteiger partial charge in [-0.2, -0.15) is 12.2 Å². The molecule has 0 heterocycles. The van der Waals surface area contributed by atoms with E-state index in [0.717, 1.165) is 12.8 Å². The Kier molecular flexibility index (Phi) is 8.98. The van der Waals surface area contributed by atoms with Gasteiger partial charge in [-0.05, 0) is 0 Å². The van der Waals surface area contributed by atoms with Gasteiger partial charge in [0.25, 0.3) is 0 Å². The Labute approximate surface area is 160 Å². The molecule has 2 aliphatic rings. The van der Waals surface area contributed by atoms with E-state index in [-0.39, 0.29) is 0 Å². The Morgan fingerprint density at radius 3 is 1.33 bits per heavy atom. The standard InChI is InChI=1S/C13H10.2C5H5.Zr/c1-3-7-12(8-4-1)11-13-9-5-2-6-10-13;2*1-2-4-5-3-1;/h1-10H;2*1-3H,4H2;/q;2*-1;+2. The van der Waals surface area contributed by atoms with Crippen LogP contribution in [0.4, 0.5) is 0 Å². The van der Waals surface area contributed by atoms with Crippen molar-refractivity contribution in [2.45, 2.75) is 12.8 Å². The first-order chi connectivity index (χ1) is 11.9. The molecular weight excluding hydrogens is 367 g/mol. The molecule has 4 rings (SSSR count). The van der Waals surface area contributed by atoms with E-state index < -0.39 is 0 Å². The normalized spacial score (nSPS) is 13.1. The molecule has 0 atom stereocenters. The molecule has 0 N–H and O–H groups in total. The summed E-state index contributed by atoms with van der Waals surface area (Å²) in [6, 6.07) is 21.1. The number of hydrogen-bond acceptors (Lipinski definition) is 0. The fraction of sp³-hybridized carbons (Fsp3) is 0.0870. The van der Waals surface area contributed by atoms with Crippen LogP contribution in [-0.2, 0) is 24.2 Å². The van der Waals surface area contributed by atoms with Gasteiger partial charge in [0.2, 0.25) is 0 Å². The molecule has 0 radical (unpaired) electrons. The van der Waals surface area contributed by atoms with Gasteiger partial charge in [0.05, 0.1) is 0 Å². The molecule has 0 unspecified atom stereocenters. The molecule has 2 aromatic rings. The van der Waals surface area contributed by atoms with E-state index in [1.54, 1.807) is 0 Å². The fourth-order valence-corrected chi connectivity index (χ4v) is 2.88. The molecule has 24 heavy (non-hydrogen) atoms. The quantitative estimate of drug-likeness (QED) is 0.604. The predicted octanol–water partition coefficient (Wildman–Crippen LogP) is 5.41. The van der Waals surface area contributed by atoms with E-state index >= 15 is 0 Å². The summed E-state index contributed by atoms with van der Waals surface area (Å²) in [5, 5.41) is 0. The van der Waals surface area contributed by atoms with Gasteiger partial charge < -0.3 is 0 Å². The Balaban J connectivity index is 0.000000169. The Bertz CT molecular complexity index is 636. The van der Waals surface area contributed by atoms with Crippen molar-refractivity contribution in [3.8, 4) is 0 Å². The van der Waals surface area contributed by atoms with Gasteiger partial charge in [-0.1, -0.05) is 0 Å². The van der Waals surface area contributed by atoms with E-state index in [1.807, 2.05) is 24.3 Å². The van der Waals surface area contributed by atoms with E-state index in [0.29, 0.717) is 0 Å². The molecule has 0 amide bonds. The third-order valence-corrected chi connectivity index (χ3v) is 4.72. The van der Waals surface area contributed by atoms with Crippen LogP contribution in [0.2, 0.25) is 0 Å². The first-order valence-electron chi connectivity index (χ1n) is 8.01. The van der Waals surface area contributed by atoms with Gasteiger partial charge in [-0.25, -0.2) is 24.3 Å². The molecule has 0 nitrogen and oxygen atoms in total. The van der Waals surface area contributed by atoms with Gasteiger partial charge in [-0.3, -0.25) is 12.2 Å². The maximum absolute atomic E-state index is 2.99. The minimum atomic E-state index is 1.01. The van der Waals surface area contributed by atoms with E-state index in [2.05, 4.69) is 85.0 Å². The second-order valence-electron chi connectivity index (χ2n) is 5.11. The molecule has 2 aliphatic carbocycles. The first kappa shape index (κ1) is 18.5. The van der Waals surface area contributed by atoms with E-state index in [1.165, 1.54) is 38.6 Å². The van der Waals surface area contributed by atoms with Crippen LogP contribution >= 0.6 is 0 Å². The van der Waals surface area contributed by atoms with Crippen molar-refractivity contribution in [3.05, 3.63) is 120 Å². The monoisotopic (exact) mass is 386 g/mol. The molecule has 2 aromatic carbocycles. The van der Waals surface area contributed by atoms with Crippen LogP contribution in [0, 0.1) is 12.2 Å². The van der Waals surface area contributed by atoms with Gasteiger partial charge in [0.1, 0.15) is 0 Å². The topological polar surface area (TPSA) is 0 Å². The predicted molar refractivity (Wildman–Crippen MR) is 99.2 cm³/mol. The molecule has 0 aromatic heterocycles. The zero-order valence-electron chi connectivity index (χ0n) is 13.7. The summed E-state index contributed by atoms with van der Waals surface area (Å²) in [6.45, 7) is 0. The number of allylic oxidation sites excluding steroid dienone is 8. The van der Waals surface area contributed by atoms with Crippen molar-refractivity contribution in [2.75, 3.05) is 0 Å². The molecular formula is C23H20Zr. The van der Waals surface area contributed by atoms with Gasteiger partial charge in [0.15, 0.2) is 0 Å². The zero-order valence-corrected chi connectivity index (χ0v) is 16.1. The Morgan fingerprint density at radius 1 is 0.667 bits per heavy atom. The summed E-state index contributed by atoms with van der Waals surface area (Å²) in [5.41, 5.74) is 2.66. The van der Waals surface area contributed by atoms with E-state index in [4.69, 9.17) is 0 Å².